The molecule has 0 radical (unpaired) electrons. The molecule has 2 N–H and O–H groups in total. The van der Waals surface area contributed by atoms with Gasteiger partial charge in [-0.15, -0.1) is 0 Å². The third kappa shape index (κ3) is 2.05. The van der Waals surface area contributed by atoms with Crippen LogP contribution in [0.1, 0.15) is 25.0 Å². The molecule has 3 heteroatoms. The van der Waals surface area contributed by atoms with E-state index in [4.69, 9.17) is 0 Å². The van der Waals surface area contributed by atoms with Gasteiger partial charge in [0.15, 0.2) is 0 Å². The van der Waals surface area contributed by atoms with Gasteiger partial charge in [0.25, 0.3) is 0 Å². The number of fused-ring (bicyclic) bond motifs is 1. The van der Waals surface area contributed by atoms with Gasteiger partial charge < -0.3 is 10.2 Å². The first kappa shape index (κ1) is 12.7. The highest BCUT2D eigenvalue weighted by molar-refractivity contribution is 6.04. The Bertz CT molecular complexity index is 687. The molecule has 3 rings (SSSR count). The van der Waals surface area contributed by atoms with Gasteiger partial charge in [-0.05, 0) is 55.2 Å². The SMILES string of the molecule is CC1=N[C@H](C)Cc2c(-c3ccc(O)cc3)ccc(O)c21. The Morgan fingerprint density at radius 2 is 1.75 bits per heavy atom. The number of hydrogen-bond donors (Lipinski definition) is 2. The average molecular weight is 267 g/mol. The molecular weight excluding hydrogens is 250 g/mol. The van der Waals surface area contributed by atoms with Crippen LogP contribution in [0.4, 0.5) is 0 Å². The van der Waals surface area contributed by atoms with Gasteiger partial charge in [-0.3, -0.25) is 4.99 Å². The van der Waals surface area contributed by atoms with Crippen molar-refractivity contribution >= 4 is 5.71 Å². The van der Waals surface area contributed by atoms with E-state index in [0.717, 1.165) is 34.4 Å². The number of rotatable bonds is 1. The van der Waals surface area contributed by atoms with Crippen LogP contribution < -0.4 is 0 Å². The smallest absolute Gasteiger partial charge is 0.124 e. The van der Waals surface area contributed by atoms with E-state index in [1.807, 2.05) is 25.1 Å². The molecule has 0 saturated carbocycles. The predicted molar refractivity (Wildman–Crippen MR) is 80.6 cm³/mol. The lowest BCUT2D eigenvalue weighted by Gasteiger charge is -2.23. The molecule has 1 aliphatic heterocycles. The molecule has 2 aromatic rings. The fourth-order valence-electron chi connectivity index (χ4n) is 2.90. The normalized spacial score (nSPS) is 17.5. The van der Waals surface area contributed by atoms with Gasteiger partial charge in [-0.2, -0.15) is 0 Å². The van der Waals surface area contributed by atoms with Crippen LogP contribution in [0.15, 0.2) is 41.4 Å². The maximum Gasteiger partial charge on any atom is 0.124 e. The zero-order valence-electron chi connectivity index (χ0n) is 11.6. The van der Waals surface area contributed by atoms with Crippen LogP contribution in [0.3, 0.4) is 0 Å². The summed E-state index contributed by atoms with van der Waals surface area (Å²) in [4.78, 5) is 4.55. The monoisotopic (exact) mass is 267 g/mol. The predicted octanol–water partition coefficient (Wildman–Crippen LogP) is 3.52. The van der Waals surface area contributed by atoms with E-state index in [1.165, 1.54) is 0 Å². The highest BCUT2D eigenvalue weighted by Crippen LogP contribution is 2.36. The van der Waals surface area contributed by atoms with E-state index < -0.39 is 0 Å². The Morgan fingerprint density at radius 3 is 2.45 bits per heavy atom. The highest BCUT2D eigenvalue weighted by Gasteiger charge is 2.22. The molecule has 0 fully saturated rings. The second-order valence-electron chi connectivity index (χ2n) is 5.30. The van der Waals surface area contributed by atoms with Crippen LogP contribution in [0.5, 0.6) is 11.5 Å². The summed E-state index contributed by atoms with van der Waals surface area (Å²) in [5.41, 5.74) is 5.01. The zero-order valence-corrected chi connectivity index (χ0v) is 11.6. The topological polar surface area (TPSA) is 52.8 Å². The minimum absolute atomic E-state index is 0.222. The van der Waals surface area contributed by atoms with Crippen LogP contribution in [-0.4, -0.2) is 22.0 Å². The Labute approximate surface area is 118 Å². The van der Waals surface area contributed by atoms with Gasteiger partial charge in [0, 0.05) is 11.3 Å². The van der Waals surface area contributed by atoms with Gasteiger partial charge in [0.1, 0.15) is 11.5 Å². The van der Waals surface area contributed by atoms with Gasteiger partial charge in [-0.25, -0.2) is 0 Å². The van der Waals surface area contributed by atoms with Gasteiger partial charge in [0.05, 0.1) is 6.04 Å². The van der Waals surface area contributed by atoms with Crippen molar-refractivity contribution in [3.8, 4) is 22.6 Å². The zero-order chi connectivity index (χ0) is 14.3. The minimum atomic E-state index is 0.222. The molecule has 0 aromatic heterocycles. The summed E-state index contributed by atoms with van der Waals surface area (Å²) in [7, 11) is 0. The lowest BCUT2D eigenvalue weighted by molar-refractivity contribution is 0.472. The molecule has 0 amide bonds. The second kappa shape index (κ2) is 4.67. The highest BCUT2D eigenvalue weighted by atomic mass is 16.3. The molecule has 1 aliphatic rings. The van der Waals surface area contributed by atoms with E-state index in [0.29, 0.717) is 0 Å². The maximum absolute atomic E-state index is 10.1. The quantitative estimate of drug-likeness (QED) is 0.830. The number of phenolic OH excluding ortho intramolecular Hbond substituents is 2. The van der Waals surface area contributed by atoms with Crippen LogP contribution >= 0.6 is 0 Å². The van der Waals surface area contributed by atoms with Crippen molar-refractivity contribution in [1.82, 2.24) is 0 Å². The van der Waals surface area contributed by atoms with Crippen molar-refractivity contribution in [3.05, 3.63) is 47.5 Å². The standard InChI is InChI=1S/C17H17NO2/c1-10-9-15-14(12-3-5-13(19)6-4-12)7-8-16(20)17(15)11(2)18-10/h3-8,10,19-20H,9H2,1-2H3/t10-/m1/s1. The summed E-state index contributed by atoms with van der Waals surface area (Å²) in [6, 6.07) is 11.0. The summed E-state index contributed by atoms with van der Waals surface area (Å²) in [6.07, 6.45) is 0.817. The van der Waals surface area contributed by atoms with Crippen molar-refractivity contribution in [2.45, 2.75) is 26.3 Å². The van der Waals surface area contributed by atoms with Crippen LogP contribution in [-0.2, 0) is 6.42 Å². The first-order valence-corrected chi connectivity index (χ1v) is 6.75. The molecule has 1 atom stereocenters. The van der Waals surface area contributed by atoms with E-state index in [9.17, 15) is 10.2 Å². The van der Waals surface area contributed by atoms with Crippen molar-refractivity contribution < 1.29 is 10.2 Å². The third-order valence-corrected chi connectivity index (χ3v) is 3.74. The molecule has 0 unspecified atom stereocenters. The summed E-state index contributed by atoms with van der Waals surface area (Å²) >= 11 is 0. The van der Waals surface area contributed by atoms with Crippen LogP contribution in [0.2, 0.25) is 0 Å². The molecule has 0 bridgehead atoms. The van der Waals surface area contributed by atoms with E-state index >= 15 is 0 Å². The lowest BCUT2D eigenvalue weighted by Crippen LogP contribution is -2.17. The van der Waals surface area contributed by atoms with E-state index in [-0.39, 0.29) is 17.5 Å². The molecule has 0 aliphatic carbocycles. The van der Waals surface area contributed by atoms with Gasteiger partial charge in [-0.1, -0.05) is 18.2 Å². The Morgan fingerprint density at radius 1 is 1.05 bits per heavy atom. The fourth-order valence-corrected chi connectivity index (χ4v) is 2.90. The molecular formula is C17H17NO2. The first-order valence-electron chi connectivity index (χ1n) is 6.75. The number of aromatic hydroxyl groups is 2. The molecule has 20 heavy (non-hydrogen) atoms. The molecule has 2 aromatic carbocycles. The maximum atomic E-state index is 10.1. The first-order chi connectivity index (χ1) is 9.56. The number of nitrogens with zero attached hydrogens (tertiary/aromatic N) is 1. The second-order valence-corrected chi connectivity index (χ2v) is 5.30. The summed E-state index contributed by atoms with van der Waals surface area (Å²) in [6.45, 7) is 4.02. The number of benzene rings is 2. The fraction of sp³-hybridized carbons (Fsp3) is 0.235. The number of hydrogen-bond acceptors (Lipinski definition) is 3. The number of phenols is 2. The van der Waals surface area contributed by atoms with E-state index in [2.05, 4.69) is 11.9 Å². The number of aliphatic imine (C=N–C) groups is 1. The lowest BCUT2D eigenvalue weighted by atomic mass is 9.87. The van der Waals surface area contributed by atoms with Crippen molar-refractivity contribution in [2.75, 3.05) is 0 Å². The third-order valence-electron chi connectivity index (χ3n) is 3.74. The largest absolute Gasteiger partial charge is 0.508 e. The molecule has 0 spiro atoms. The van der Waals surface area contributed by atoms with Crippen LogP contribution in [0.25, 0.3) is 11.1 Å². The Hall–Kier alpha value is -2.29. The van der Waals surface area contributed by atoms with Crippen molar-refractivity contribution in [1.29, 1.82) is 0 Å². The average Bonchev–Trinajstić information content (AvgIpc) is 2.39. The summed E-state index contributed by atoms with van der Waals surface area (Å²) in [5.74, 6) is 0.545. The Kier molecular flexibility index (Phi) is 2.97. The molecule has 3 nitrogen and oxygen atoms in total. The molecule has 102 valence electrons. The van der Waals surface area contributed by atoms with Crippen molar-refractivity contribution in [3.63, 3.8) is 0 Å². The van der Waals surface area contributed by atoms with Gasteiger partial charge in [0.2, 0.25) is 0 Å². The van der Waals surface area contributed by atoms with Gasteiger partial charge >= 0.3 is 0 Å². The minimum Gasteiger partial charge on any atom is -0.508 e. The Balaban J connectivity index is 2.22. The van der Waals surface area contributed by atoms with Crippen LogP contribution in [0, 0.1) is 0 Å². The molecule has 0 saturated heterocycles. The van der Waals surface area contributed by atoms with E-state index in [1.54, 1.807) is 18.2 Å². The summed E-state index contributed by atoms with van der Waals surface area (Å²) < 4.78 is 0. The van der Waals surface area contributed by atoms with Crippen molar-refractivity contribution in [2.24, 2.45) is 4.99 Å². The summed E-state index contributed by atoms with van der Waals surface area (Å²) in [5, 5.41) is 19.5. The molecule has 1 heterocycles.